The van der Waals surface area contributed by atoms with E-state index in [-0.39, 0.29) is 5.91 Å². The molecule has 1 aromatic heterocycles. The molecule has 1 aliphatic rings. The van der Waals surface area contributed by atoms with Gasteiger partial charge in [0, 0.05) is 5.70 Å². The molecular weight excluding hydrogens is 382 g/mol. The summed E-state index contributed by atoms with van der Waals surface area (Å²) < 4.78 is 12.4. The SMILES string of the molecule is COc1ccc(C2C(C(=O)Nc3ccccc3OC)=C(C)Nc3nc(C)nn32)cc1. The molecule has 1 aliphatic heterocycles. The normalized spacial score (nSPS) is 15.3. The zero-order valence-electron chi connectivity index (χ0n) is 17.3. The number of methoxy groups -OCH3 is 2. The smallest absolute Gasteiger partial charge is 0.255 e. The van der Waals surface area contributed by atoms with Gasteiger partial charge in [-0.25, -0.2) is 4.68 Å². The number of para-hydroxylation sites is 2. The number of aryl methyl sites for hydroxylation is 1. The number of anilines is 2. The molecule has 0 saturated heterocycles. The maximum Gasteiger partial charge on any atom is 0.255 e. The number of hydrogen-bond acceptors (Lipinski definition) is 6. The van der Waals surface area contributed by atoms with Crippen LogP contribution >= 0.6 is 0 Å². The lowest BCUT2D eigenvalue weighted by Gasteiger charge is -2.29. The molecule has 3 aromatic rings. The zero-order valence-corrected chi connectivity index (χ0v) is 17.3. The monoisotopic (exact) mass is 405 g/mol. The van der Waals surface area contributed by atoms with Crippen LogP contribution in [0.5, 0.6) is 11.5 Å². The van der Waals surface area contributed by atoms with Crippen LogP contribution in [0, 0.1) is 6.92 Å². The van der Waals surface area contributed by atoms with Crippen LogP contribution in [0.25, 0.3) is 0 Å². The Balaban J connectivity index is 1.77. The van der Waals surface area contributed by atoms with E-state index in [2.05, 4.69) is 20.7 Å². The number of allylic oxidation sites excluding steroid dienone is 1. The van der Waals surface area contributed by atoms with Gasteiger partial charge in [-0.15, -0.1) is 0 Å². The summed E-state index contributed by atoms with van der Waals surface area (Å²) in [5, 5.41) is 10.7. The van der Waals surface area contributed by atoms with Crippen LogP contribution in [0.2, 0.25) is 0 Å². The number of carbonyl (C=O) groups is 1. The third kappa shape index (κ3) is 3.47. The summed E-state index contributed by atoms with van der Waals surface area (Å²) in [5.74, 6) is 2.30. The van der Waals surface area contributed by atoms with Crippen molar-refractivity contribution in [3.63, 3.8) is 0 Å². The van der Waals surface area contributed by atoms with Crippen LogP contribution < -0.4 is 20.1 Å². The summed E-state index contributed by atoms with van der Waals surface area (Å²) in [6, 6.07) is 14.5. The molecule has 154 valence electrons. The molecule has 4 rings (SSSR count). The van der Waals surface area contributed by atoms with E-state index in [4.69, 9.17) is 9.47 Å². The number of rotatable bonds is 5. The lowest BCUT2D eigenvalue weighted by molar-refractivity contribution is -0.113. The van der Waals surface area contributed by atoms with E-state index in [1.807, 2.05) is 50.2 Å². The maximum absolute atomic E-state index is 13.4. The van der Waals surface area contributed by atoms with Crippen LogP contribution in [0.3, 0.4) is 0 Å². The highest BCUT2D eigenvalue weighted by molar-refractivity contribution is 6.06. The van der Waals surface area contributed by atoms with Crippen LogP contribution in [0.1, 0.15) is 24.4 Å². The molecule has 0 aliphatic carbocycles. The predicted octanol–water partition coefficient (Wildman–Crippen LogP) is 3.53. The fourth-order valence-electron chi connectivity index (χ4n) is 3.58. The summed E-state index contributed by atoms with van der Waals surface area (Å²) >= 11 is 0. The molecule has 0 bridgehead atoms. The minimum atomic E-state index is -0.442. The van der Waals surface area contributed by atoms with Crippen molar-refractivity contribution >= 4 is 17.5 Å². The second-order valence-electron chi connectivity index (χ2n) is 6.92. The van der Waals surface area contributed by atoms with Crippen molar-refractivity contribution < 1.29 is 14.3 Å². The molecule has 2 aromatic carbocycles. The number of nitrogens with one attached hydrogen (secondary N) is 2. The molecule has 0 radical (unpaired) electrons. The Bertz CT molecular complexity index is 1120. The van der Waals surface area contributed by atoms with Gasteiger partial charge in [0.15, 0.2) is 0 Å². The number of fused-ring (bicyclic) bond motifs is 1. The Hall–Kier alpha value is -3.81. The number of carbonyl (C=O) groups excluding carboxylic acids is 1. The Morgan fingerprint density at radius 2 is 1.80 bits per heavy atom. The Morgan fingerprint density at radius 1 is 1.07 bits per heavy atom. The molecule has 0 spiro atoms. The first-order valence-corrected chi connectivity index (χ1v) is 9.51. The third-order valence-corrected chi connectivity index (χ3v) is 4.99. The summed E-state index contributed by atoms with van der Waals surface area (Å²) in [6.07, 6.45) is 0. The minimum absolute atomic E-state index is 0.246. The van der Waals surface area contributed by atoms with Gasteiger partial charge in [0.1, 0.15) is 23.4 Å². The van der Waals surface area contributed by atoms with Crippen molar-refractivity contribution in [3.05, 3.63) is 71.2 Å². The Morgan fingerprint density at radius 3 is 2.50 bits per heavy atom. The standard InChI is InChI=1S/C22H23N5O3/c1-13-19(21(28)25-17-7-5-6-8-18(17)30-4)20(15-9-11-16(29-3)12-10-15)27-22(23-13)24-14(2)26-27/h5-12,20H,1-4H3,(H,25,28)(H,23,24,26). The van der Waals surface area contributed by atoms with Gasteiger partial charge in [0.05, 0.1) is 25.5 Å². The zero-order chi connectivity index (χ0) is 21.3. The van der Waals surface area contributed by atoms with Crippen molar-refractivity contribution in [2.45, 2.75) is 19.9 Å². The van der Waals surface area contributed by atoms with Crippen LogP contribution in [0.4, 0.5) is 11.6 Å². The molecule has 0 saturated carbocycles. The van der Waals surface area contributed by atoms with E-state index < -0.39 is 6.04 Å². The quantitative estimate of drug-likeness (QED) is 0.675. The van der Waals surface area contributed by atoms with Crippen LogP contribution in [-0.2, 0) is 4.79 Å². The second-order valence-corrected chi connectivity index (χ2v) is 6.92. The van der Waals surface area contributed by atoms with E-state index in [0.29, 0.717) is 34.5 Å². The number of amides is 1. The number of benzene rings is 2. The molecule has 30 heavy (non-hydrogen) atoms. The topological polar surface area (TPSA) is 90.3 Å². The fourth-order valence-corrected chi connectivity index (χ4v) is 3.58. The van der Waals surface area contributed by atoms with Gasteiger partial charge < -0.3 is 20.1 Å². The number of aromatic nitrogens is 3. The van der Waals surface area contributed by atoms with Crippen molar-refractivity contribution in [1.82, 2.24) is 14.8 Å². The van der Waals surface area contributed by atoms with E-state index in [1.54, 1.807) is 31.0 Å². The molecule has 1 unspecified atom stereocenters. The van der Waals surface area contributed by atoms with Gasteiger partial charge in [0.2, 0.25) is 5.95 Å². The van der Waals surface area contributed by atoms with Gasteiger partial charge in [-0.1, -0.05) is 24.3 Å². The van der Waals surface area contributed by atoms with E-state index in [0.717, 1.165) is 11.3 Å². The van der Waals surface area contributed by atoms with Crippen molar-refractivity contribution in [2.24, 2.45) is 0 Å². The first-order valence-electron chi connectivity index (χ1n) is 9.51. The largest absolute Gasteiger partial charge is 0.497 e. The first-order chi connectivity index (χ1) is 14.5. The Labute approximate surface area is 174 Å². The average molecular weight is 405 g/mol. The third-order valence-electron chi connectivity index (χ3n) is 4.99. The van der Waals surface area contributed by atoms with E-state index in [1.165, 1.54) is 0 Å². The van der Waals surface area contributed by atoms with Gasteiger partial charge in [-0.05, 0) is 43.7 Å². The number of ether oxygens (including phenoxy) is 2. The Kier molecular flexibility index (Phi) is 5.14. The van der Waals surface area contributed by atoms with Gasteiger partial charge in [-0.3, -0.25) is 4.79 Å². The highest BCUT2D eigenvalue weighted by Gasteiger charge is 2.34. The molecule has 1 amide bonds. The summed E-state index contributed by atoms with van der Waals surface area (Å²) in [5.41, 5.74) is 2.75. The summed E-state index contributed by atoms with van der Waals surface area (Å²) in [4.78, 5) is 17.9. The molecule has 2 heterocycles. The van der Waals surface area contributed by atoms with Crippen molar-refractivity contribution in [3.8, 4) is 11.5 Å². The van der Waals surface area contributed by atoms with Crippen LogP contribution in [-0.4, -0.2) is 34.9 Å². The number of hydrogen-bond donors (Lipinski definition) is 2. The molecule has 0 fully saturated rings. The van der Waals surface area contributed by atoms with Gasteiger partial charge in [0.25, 0.3) is 5.91 Å². The van der Waals surface area contributed by atoms with E-state index in [9.17, 15) is 4.79 Å². The first kappa shape index (κ1) is 19.5. The average Bonchev–Trinajstić information content (AvgIpc) is 3.12. The minimum Gasteiger partial charge on any atom is -0.497 e. The lowest BCUT2D eigenvalue weighted by atomic mass is 9.95. The predicted molar refractivity (Wildman–Crippen MR) is 114 cm³/mol. The second kappa shape index (κ2) is 7.90. The van der Waals surface area contributed by atoms with Crippen molar-refractivity contribution in [2.75, 3.05) is 24.9 Å². The highest BCUT2D eigenvalue weighted by Crippen LogP contribution is 2.36. The van der Waals surface area contributed by atoms with Gasteiger partial charge >= 0.3 is 0 Å². The lowest BCUT2D eigenvalue weighted by Crippen LogP contribution is -2.31. The molecule has 2 N–H and O–H groups in total. The van der Waals surface area contributed by atoms with Crippen molar-refractivity contribution in [1.29, 1.82) is 0 Å². The van der Waals surface area contributed by atoms with E-state index >= 15 is 0 Å². The highest BCUT2D eigenvalue weighted by atomic mass is 16.5. The maximum atomic E-state index is 13.4. The molecule has 8 nitrogen and oxygen atoms in total. The summed E-state index contributed by atoms with van der Waals surface area (Å²) in [6.45, 7) is 3.68. The fraction of sp³-hybridized carbons (Fsp3) is 0.227. The van der Waals surface area contributed by atoms with Gasteiger partial charge in [-0.2, -0.15) is 10.1 Å². The van der Waals surface area contributed by atoms with Crippen LogP contribution in [0.15, 0.2) is 59.8 Å². The molecular formula is C22H23N5O3. The molecule has 1 atom stereocenters. The summed E-state index contributed by atoms with van der Waals surface area (Å²) in [7, 11) is 3.19. The number of nitrogens with zero attached hydrogens (tertiary/aromatic N) is 3. The molecule has 8 heteroatoms.